The summed E-state index contributed by atoms with van der Waals surface area (Å²) < 4.78 is 5.38. The lowest BCUT2D eigenvalue weighted by molar-refractivity contribution is -0.115. The van der Waals surface area contributed by atoms with Crippen molar-refractivity contribution in [1.82, 2.24) is 30.5 Å². The van der Waals surface area contributed by atoms with Crippen LogP contribution in [0, 0.1) is 0 Å². The number of carbonyl (C=O) groups is 1. The number of H-pyrrole nitrogens is 1. The van der Waals surface area contributed by atoms with Gasteiger partial charge in [-0.15, -0.1) is 16.4 Å². The minimum absolute atomic E-state index is 0.159. The number of amides is 1. The number of nitrogens with one attached hydrogen (secondary N) is 2. The predicted molar refractivity (Wildman–Crippen MR) is 100 cm³/mol. The van der Waals surface area contributed by atoms with Crippen LogP contribution < -0.4 is 5.32 Å². The number of hydrogen-bond donors (Lipinski definition) is 2. The lowest BCUT2D eigenvalue weighted by Crippen LogP contribution is -2.35. The highest BCUT2D eigenvalue weighted by atomic mass is 32.1. The summed E-state index contributed by atoms with van der Waals surface area (Å²) in [6, 6.07) is 8.43. The van der Waals surface area contributed by atoms with E-state index >= 15 is 0 Å². The molecule has 0 radical (unpaired) electrons. The maximum atomic E-state index is 12.0. The Hall–Kier alpha value is -2.69. The first-order valence-electron chi connectivity index (χ1n) is 8.63. The van der Waals surface area contributed by atoms with Crippen LogP contribution in [0.3, 0.4) is 0 Å². The highest BCUT2D eigenvalue weighted by molar-refractivity contribution is 7.13. The second kappa shape index (κ2) is 8.33. The number of rotatable bonds is 6. The minimum atomic E-state index is -0.228. The van der Waals surface area contributed by atoms with Gasteiger partial charge in [0, 0.05) is 30.6 Å². The van der Waals surface area contributed by atoms with Crippen molar-refractivity contribution < 1.29 is 9.53 Å². The third-order valence-electron chi connectivity index (χ3n) is 4.20. The van der Waals surface area contributed by atoms with E-state index < -0.39 is 0 Å². The number of anilines is 1. The number of benzene rings is 1. The van der Waals surface area contributed by atoms with Crippen LogP contribution in [0.15, 0.2) is 29.6 Å². The summed E-state index contributed by atoms with van der Waals surface area (Å²) in [5, 5.41) is 18.4. The van der Waals surface area contributed by atoms with E-state index in [0.717, 1.165) is 43.4 Å². The molecule has 1 amide bonds. The van der Waals surface area contributed by atoms with Gasteiger partial charge in [-0.3, -0.25) is 15.0 Å². The number of tetrazole rings is 1. The molecule has 3 heterocycles. The topological polar surface area (TPSA) is 109 Å². The van der Waals surface area contributed by atoms with E-state index in [9.17, 15) is 4.79 Å². The Labute approximate surface area is 159 Å². The minimum Gasteiger partial charge on any atom is -0.379 e. The molecular formula is C17H19N7O2S. The van der Waals surface area contributed by atoms with Crippen LogP contribution in [-0.4, -0.2) is 62.7 Å². The average molecular weight is 385 g/mol. The van der Waals surface area contributed by atoms with Crippen molar-refractivity contribution in [3.63, 3.8) is 0 Å². The molecule has 0 atom stereocenters. The summed E-state index contributed by atoms with van der Waals surface area (Å²) in [4.78, 5) is 18.9. The van der Waals surface area contributed by atoms with Crippen molar-refractivity contribution in [2.24, 2.45) is 0 Å². The molecule has 1 aliphatic heterocycles. The SMILES string of the molecule is O=C(Cc1csc(-c2ccc(CN3CCOCC3)cc2)n1)Nc1nn[nH]n1. The van der Waals surface area contributed by atoms with Crippen LogP contribution in [0.4, 0.5) is 5.95 Å². The number of hydrogen-bond acceptors (Lipinski definition) is 8. The van der Waals surface area contributed by atoms with Gasteiger partial charge in [-0.25, -0.2) is 4.98 Å². The van der Waals surface area contributed by atoms with Gasteiger partial charge in [0.15, 0.2) is 0 Å². The Morgan fingerprint density at radius 3 is 2.81 bits per heavy atom. The van der Waals surface area contributed by atoms with Gasteiger partial charge < -0.3 is 4.74 Å². The van der Waals surface area contributed by atoms with Crippen LogP contribution in [0.2, 0.25) is 0 Å². The molecule has 1 fully saturated rings. The molecule has 9 nitrogen and oxygen atoms in total. The summed E-state index contributed by atoms with van der Waals surface area (Å²) in [6.45, 7) is 4.50. The molecule has 1 aliphatic rings. The van der Waals surface area contributed by atoms with Crippen molar-refractivity contribution in [2.75, 3.05) is 31.6 Å². The normalized spacial score (nSPS) is 15.0. The molecule has 2 N–H and O–H groups in total. The first kappa shape index (κ1) is 17.7. The summed E-state index contributed by atoms with van der Waals surface area (Å²) in [6.07, 6.45) is 0.167. The summed E-state index contributed by atoms with van der Waals surface area (Å²) in [7, 11) is 0. The highest BCUT2D eigenvalue weighted by Gasteiger charge is 2.13. The lowest BCUT2D eigenvalue weighted by atomic mass is 10.1. The van der Waals surface area contributed by atoms with Crippen molar-refractivity contribution in [1.29, 1.82) is 0 Å². The van der Waals surface area contributed by atoms with E-state index in [0.29, 0.717) is 5.69 Å². The molecule has 4 rings (SSSR count). The average Bonchev–Trinajstić information content (AvgIpc) is 3.35. The molecule has 1 aromatic carbocycles. The predicted octanol–water partition coefficient (Wildman–Crippen LogP) is 1.34. The molecule has 3 aromatic rings. The Morgan fingerprint density at radius 1 is 1.26 bits per heavy atom. The fraction of sp³-hybridized carbons (Fsp3) is 0.353. The molecule has 0 unspecified atom stereocenters. The molecule has 0 bridgehead atoms. The summed E-state index contributed by atoms with van der Waals surface area (Å²) >= 11 is 1.53. The Kier molecular flexibility index (Phi) is 5.47. The summed E-state index contributed by atoms with van der Waals surface area (Å²) in [5.41, 5.74) is 3.04. The fourth-order valence-electron chi connectivity index (χ4n) is 2.84. The second-order valence-electron chi connectivity index (χ2n) is 6.19. The number of nitrogens with zero attached hydrogens (tertiary/aromatic N) is 5. The molecule has 2 aromatic heterocycles. The van der Waals surface area contributed by atoms with Crippen LogP contribution in [0.25, 0.3) is 10.6 Å². The molecule has 1 saturated heterocycles. The number of aromatic amines is 1. The van der Waals surface area contributed by atoms with Gasteiger partial charge in [-0.2, -0.15) is 5.21 Å². The van der Waals surface area contributed by atoms with Gasteiger partial charge in [0.2, 0.25) is 5.91 Å². The second-order valence-corrected chi connectivity index (χ2v) is 7.05. The van der Waals surface area contributed by atoms with Gasteiger partial charge in [-0.1, -0.05) is 29.4 Å². The van der Waals surface area contributed by atoms with E-state index in [-0.39, 0.29) is 18.3 Å². The lowest BCUT2D eigenvalue weighted by Gasteiger charge is -2.26. The monoisotopic (exact) mass is 385 g/mol. The van der Waals surface area contributed by atoms with Crippen molar-refractivity contribution in [2.45, 2.75) is 13.0 Å². The highest BCUT2D eigenvalue weighted by Crippen LogP contribution is 2.24. The Bertz CT molecular complexity index is 873. The van der Waals surface area contributed by atoms with Gasteiger partial charge in [0.05, 0.1) is 25.3 Å². The van der Waals surface area contributed by atoms with Crippen molar-refractivity contribution in [3.8, 4) is 10.6 Å². The van der Waals surface area contributed by atoms with Crippen molar-refractivity contribution >= 4 is 23.2 Å². The largest absolute Gasteiger partial charge is 0.379 e. The summed E-state index contributed by atoms with van der Waals surface area (Å²) in [5.74, 6) is -0.0691. The van der Waals surface area contributed by atoms with E-state index in [2.05, 4.69) is 60.1 Å². The van der Waals surface area contributed by atoms with Gasteiger partial charge in [0.25, 0.3) is 5.95 Å². The number of aromatic nitrogens is 5. The Morgan fingerprint density at radius 2 is 2.07 bits per heavy atom. The maximum absolute atomic E-state index is 12.0. The maximum Gasteiger partial charge on any atom is 0.269 e. The third-order valence-corrected chi connectivity index (χ3v) is 5.14. The fourth-order valence-corrected chi connectivity index (χ4v) is 3.66. The zero-order valence-corrected chi connectivity index (χ0v) is 15.4. The van der Waals surface area contributed by atoms with Crippen LogP contribution >= 0.6 is 11.3 Å². The van der Waals surface area contributed by atoms with Crippen molar-refractivity contribution in [3.05, 3.63) is 40.9 Å². The van der Waals surface area contributed by atoms with E-state index in [1.165, 1.54) is 16.9 Å². The molecule has 27 heavy (non-hydrogen) atoms. The molecular weight excluding hydrogens is 366 g/mol. The van der Waals surface area contributed by atoms with E-state index in [4.69, 9.17) is 4.74 Å². The Balaban J connectivity index is 1.35. The zero-order valence-electron chi connectivity index (χ0n) is 14.6. The van der Waals surface area contributed by atoms with E-state index in [1.54, 1.807) is 0 Å². The smallest absolute Gasteiger partial charge is 0.269 e. The van der Waals surface area contributed by atoms with Crippen LogP contribution in [0.1, 0.15) is 11.3 Å². The quantitative estimate of drug-likeness (QED) is 0.659. The molecule has 0 aliphatic carbocycles. The molecule has 0 saturated carbocycles. The van der Waals surface area contributed by atoms with Gasteiger partial charge in [-0.05, 0) is 10.8 Å². The van der Waals surface area contributed by atoms with Gasteiger partial charge >= 0.3 is 0 Å². The first-order chi connectivity index (χ1) is 13.3. The first-order valence-corrected chi connectivity index (χ1v) is 9.51. The molecule has 10 heteroatoms. The standard InChI is InChI=1S/C17H19N7O2S/c25-15(19-17-20-22-23-21-17)9-14-11-27-16(18-14)13-3-1-12(2-4-13)10-24-5-7-26-8-6-24/h1-4,11H,5-10H2,(H2,19,20,21,22,23,25). The number of carbonyl (C=O) groups excluding carboxylic acids is 1. The third kappa shape index (κ3) is 4.73. The number of morpholine rings is 1. The number of thiazole rings is 1. The van der Waals surface area contributed by atoms with Crippen LogP contribution in [-0.2, 0) is 22.5 Å². The zero-order chi connectivity index (χ0) is 18.5. The van der Waals surface area contributed by atoms with Crippen LogP contribution in [0.5, 0.6) is 0 Å². The molecule has 140 valence electrons. The van der Waals surface area contributed by atoms with E-state index in [1.807, 2.05) is 5.38 Å². The number of ether oxygens (including phenoxy) is 1. The van der Waals surface area contributed by atoms with Gasteiger partial charge in [0.1, 0.15) is 5.01 Å². The molecule has 0 spiro atoms.